The third-order valence-corrected chi connectivity index (χ3v) is 6.36. The summed E-state index contributed by atoms with van der Waals surface area (Å²) in [6.07, 6.45) is 1.31. The Kier molecular flexibility index (Phi) is 4.60. The van der Waals surface area contributed by atoms with E-state index in [1.807, 2.05) is 53.2 Å². The Balaban J connectivity index is 1.68. The second-order valence-corrected chi connectivity index (χ2v) is 9.98. The second-order valence-electron chi connectivity index (χ2n) is 8.63. The van der Waals surface area contributed by atoms with E-state index in [-0.39, 0.29) is 17.2 Å². The molecule has 152 valence electrons. The van der Waals surface area contributed by atoms with Crippen LogP contribution in [0.4, 0.5) is 5.95 Å². The number of carbonyl (C=O) groups is 1. The summed E-state index contributed by atoms with van der Waals surface area (Å²) in [4.78, 5) is 18.0. The highest BCUT2D eigenvalue weighted by molar-refractivity contribution is 9.10. The van der Waals surface area contributed by atoms with Crippen molar-refractivity contribution < 1.29 is 4.79 Å². The van der Waals surface area contributed by atoms with Crippen molar-refractivity contribution in [2.24, 2.45) is 5.41 Å². The van der Waals surface area contributed by atoms with Crippen LogP contribution in [0.15, 0.2) is 64.3 Å². The lowest BCUT2D eigenvalue weighted by atomic mass is 9.73. The topological polar surface area (TPSA) is 59.8 Å². The molecule has 1 N–H and O–H groups in total. The van der Waals surface area contributed by atoms with E-state index in [4.69, 9.17) is 21.7 Å². The molecule has 2 aromatic carbocycles. The Morgan fingerprint density at radius 3 is 2.67 bits per heavy atom. The monoisotopic (exact) mass is 482 g/mol. The lowest BCUT2D eigenvalue weighted by Crippen LogP contribution is -2.36. The summed E-state index contributed by atoms with van der Waals surface area (Å²) < 4.78 is 2.82. The Labute approximate surface area is 188 Å². The fraction of sp³-hybridized carbons (Fsp3) is 0.261. The molecule has 0 bridgehead atoms. The second kappa shape index (κ2) is 7.06. The van der Waals surface area contributed by atoms with Crippen LogP contribution in [0.5, 0.6) is 0 Å². The quantitative estimate of drug-likeness (QED) is 0.484. The third-order valence-electron chi connectivity index (χ3n) is 5.60. The van der Waals surface area contributed by atoms with Crippen molar-refractivity contribution in [3.8, 4) is 11.4 Å². The van der Waals surface area contributed by atoms with E-state index >= 15 is 0 Å². The molecule has 5 nitrogen and oxygen atoms in total. The molecule has 0 saturated heterocycles. The normalized spacial score (nSPS) is 19.9. The number of hydrogen-bond acceptors (Lipinski definition) is 4. The molecule has 1 aliphatic heterocycles. The van der Waals surface area contributed by atoms with Gasteiger partial charge in [0.05, 0.1) is 0 Å². The van der Waals surface area contributed by atoms with Crippen LogP contribution in [0.1, 0.15) is 38.3 Å². The lowest BCUT2D eigenvalue weighted by molar-refractivity contribution is -0.118. The number of benzene rings is 2. The van der Waals surface area contributed by atoms with Gasteiger partial charge in [0.25, 0.3) is 0 Å². The predicted octanol–water partition coefficient (Wildman–Crippen LogP) is 6.02. The van der Waals surface area contributed by atoms with Gasteiger partial charge in [-0.05, 0) is 41.7 Å². The molecule has 7 heteroatoms. The summed E-state index contributed by atoms with van der Waals surface area (Å²) in [7, 11) is 0. The van der Waals surface area contributed by atoms with E-state index in [1.165, 1.54) is 0 Å². The van der Waals surface area contributed by atoms with E-state index < -0.39 is 0 Å². The molecule has 0 spiro atoms. The minimum Gasteiger partial charge on any atom is -0.328 e. The Bertz CT molecular complexity index is 1200. The summed E-state index contributed by atoms with van der Waals surface area (Å²) >= 11 is 9.68. The largest absolute Gasteiger partial charge is 0.328 e. The first-order valence-corrected chi connectivity index (χ1v) is 11.0. The van der Waals surface area contributed by atoms with Crippen LogP contribution in [-0.4, -0.2) is 20.5 Å². The van der Waals surface area contributed by atoms with Gasteiger partial charge in [-0.1, -0.05) is 65.6 Å². The van der Waals surface area contributed by atoms with Gasteiger partial charge in [0.1, 0.15) is 6.04 Å². The molecular formula is C23H20BrClN4O. The highest BCUT2D eigenvalue weighted by Gasteiger charge is 2.41. The summed E-state index contributed by atoms with van der Waals surface area (Å²) in [5.41, 5.74) is 3.48. The van der Waals surface area contributed by atoms with Gasteiger partial charge in [0.2, 0.25) is 5.95 Å². The van der Waals surface area contributed by atoms with Crippen LogP contribution in [-0.2, 0) is 4.79 Å². The Hall–Kier alpha value is -2.44. The van der Waals surface area contributed by atoms with E-state index in [0.29, 0.717) is 23.2 Å². The highest BCUT2D eigenvalue weighted by atomic mass is 79.9. The lowest BCUT2D eigenvalue weighted by Gasteiger charge is -2.38. The number of nitrogens with one attached hydrogen (secondary N) is 1. The SMILES string of the molecule is CC1(C)CC(=O)C2=C(C1)Nc1nc(-c3cccc(Cl)c3)nn1C2c1ccc(Br)cc1. The smallest absolute Gasteiger partial charge is 0.226 e. The summed E-state index contributed by atoms with van der Waals surface area (Å²) in [5, 5.41) is 8.83. The zero-order valence-electron chi connectivity index (χ0n) is 16.6. The van der Waals surface area contributed by atoms with Crippen molar-refractivity contribution in [3.05, 3.63) is 74.9 Å². The number of fused-ring (bicyclic) bond motifs is 1. The highest BCUT2D eigenvalue weighted by Crippen LogP contribution is 2.45. The minimum atomic E-state index is -0.312. The molecule has 0 fully saturated rings. The number of hydrogen-bond donors (Lipinski definition) is 1. The molecule has 5 rings (SSSR count). The molecule has 0 amide bonds. The first kappa shape index (κ1) is 19.5. The molecule has 2 heterocycles. The van der Waals surface area contributed by atoms with Crippen LogP contribution in [0, 0.1) is 5.41 Å². The molecule has 1 unspecified atom stereocenters. The summed E-state index contributed by atoms with van der Waals surface area (Å²) in [6, 6.07) is 15.2. The van der Waals surface area contributed by atoms with Gasteiger partial charge in [0, 0.05) is 32.7 Å². The standard InChI is InChI=1S/C23H20BrClN4O/c1-23(2)11-17-19(18(30)12-23)20(13-6-8-15(24)9-7-13)29-22(26-17)27-21(28-29)14-4-3-5-16(25)10-14/h3-10,20H,11-12H2,1-2H3,(H,26,27,28). The van der Waals surface area contributed by atoms with Crippen molar-refractivity contribution in [1.29, 1.82) is 0 Å². The van der Waals surface area contributed by atoms with Crippen LogP contribution in [0.2, 0.25) is 5.02 Å². The number of rotatable bonds is 2. The van der Waals surface area contributed by atoms with Crippen molar-refractivity contribution in [2.45, 2.75) is 32.7 Å². The molecular weight excluding hydrogens is 464 g/mol. The average Bonchev–Trinajstić information content (AvgIpc) is 3.10. The van der Waals surface area contributed by atoms with E-state index in [9.17, 15) is 4.79 Å². The van der Waals surface area contributed by atoms with Crippen LogP contribution >= 0.6 is 27.5 Å². The number of nitrogens with zero attached hydrogens (tertiary/aromatic N) is 3. The number of aromatic nitrogens is 3. The van der Waals surface area contributed by atoms with Crippen molar-refractivity contribution >= 4 is 39.3 Å². The minimum absolute atomic E-state index is 0.0921. The first-order chi connectivity index (χ1) is 14.3. The zero-order chi connectivity index (χ0) is 21.0. The predicted molar refractivity (Wildman–Crippen MR) is 121 cm³/mol. The number of Topliss-reactive ketones (excluding diaryl/α,β-unsaturated/α-hetero) is 1. The summed E-state index contributed by atoms with van der Waals surface area (Å²) in [5.74, 6) is 1.38. The molecule has 3 aromatic rings. The van der Waals surface area contributed by atoms with E-state index in [0.717, 1.165) is 33.3 Å². The van der Waals surface area contributed by atoms with Crippen LogP contribution in [0.25, 0.3) is 11.4 Å². The zero-order valence-corrected chi connectivity index (χ0v) is 19.0. The van der Waals surface area contributed by atoms with Gasteiger partial charge in [0.15, 0.2) is 11.6 Å². The maximum Gasteiger partial charge on any atom is 0.226 e. The van der Waals surface area contributed by atoms with Crippen LogP contribution < -0.4 is 5.32 Å². The maximum absolute atomic E-state index is 13.2. The first-order valence-electron chi connectivity index (χ1n) is 9.82. The number of carbonyl (C=O) groups excluding carboxylic acids is 1. The van der Waals surface area contributed by atoms with E-state index in [1.54, 1.807) is 0 Å². The van der Waals surface area contributed by atoms with Gasteiger partial charge in [-0.2, -0.15) is 4.98 Å². The molecule has 2 aliphatic rings. The number of anilines is 1. The fourth-order valence-corrected chi connectivity index (χ4v) is 4.77. The van der Waals surface area contributed by atoms with Crippen molar-refractivity contribution in [3.63, 3.8) is 0 Å². The Morgan fingerprint density at radius 2 is 1.93 bits per heavy atom. The number of ketones is 1. The third kappa shape index (κ3) is 3.38. The average molecular weight is 484 g/mol. The fourth-order valence-electron chi connectivity index (χ4n) is 4.31. The van der Waals surface area contributed by atoms with E-state index in [2.05, 4.69) is 35.1 Å². The molecule has 30 heavy (non-hydrogen) atoms. The summed E-state index contributed by atoms with van der Waals surface area (Å²) in [6.45, 7) is 4.25. The molecule has 1 aliphatic carbocycles. The van der Waals surface area contributed by atoms with Crippen molar-refractivity contribution in [2.75, 3.05) is 5.32 Å². The molecule has 0 radical (unpaired) electrons. The van der Waals surface area contributed by atoms with Crippen LogP contribution in [0.3, 0.4) is 0 Å². The van der Waals surface area contributed by atoms with Gasteiger partial charge in [-0.15, -0.1) is 5.10 Å². The van der Waals surface area contributed by atoms with Gasteiger partial charge in [-0.25, -0.2) is 4.68 Å². The Morgan fingerprint density at radius 1 is 1.17 bits per heavy atom. The molecule has 1 atom stereocenters. The maximum atomic E-state index is 13.2. The molecule has 1 aromatic heterocycles. The van der Waals surface area contributed by atoms with Gasteiger partial charge in [-0.3, -0.25) is 4.79 Å². The number of allylic oxidation sites excluding steroid dienone is 2. The number of halogens is 2. The molecule has 0 saturated carbocycles. The van der Waals surface area contributed by atoms with Gasteiger partial charge >= 0.3 is 0 Å². The van der Waals surface area contributed by atoms with Gasteiger partial charge < -0.3 is 5.32 Å². The van der Waals surface area contributed by atoms with Crippen molar-refractivity contribution in [1.82, 2.24) is 14.8 Å².